The van der Waals surface area contributed by atoms with E-state index in [1.165, 1.54) is 26.3 Å². The lowest BCUT2D eigenvalue weighted by Gasteiger charge is -2.05. The molecule has 0 saturated heterocycles. The summed E-state index contributed by atoms with van der Waals surface area (Å²) in [6.07, 6.45) is 1.24. The Morgan fingerprint density at radius 1 is 1.69 bits per heavy atom. The summed E-state index contributed by atoms with van der Waals surface area (Å²) in [6.45, 7) is 1.51. The number of ether oxygens (including phenoxy) is 1. The maximum Gasteiger partial charge on any atom is 0.345 e. The number of pyridine rings is 1. The highest BCUT2D eigenvalue weighted by Crippen LogP contribution is 2.17. The van der Waals surface area contributed by atoms with E-state index >= 15 is 0 Å². The van der Waals surface area contributed by atoms with Crippen LogP contribution in [-0.2, 0) is 4.74 Å². The second-order valence-electron chi connectivity index (χ2n) is 2.44. The number of methoxy groups -OCH3 is 1. The minimum Gasteiger partial charge on any atom is -0.618 e. The van der Waals surface area contributed by atoms with Crippen molar-refractivity contribution in [2.75, 3.05) is 7.11 Å². The van der Waals surface area contributed by atoms with Crippen molar-refractivity contribution >= 4 is 17.6 Å². The van der Waals surface area contributed by atoms with Crippen molar-refractivity contribution in [2.45, 2.75) is 6.92 Å². The molecular formula is C8H8ClNO3. The maximum absolute atomic E-state index is 11.1. The van der Waals surface area contributed by atoms with E-state index < -0.39 is 5.97 Å². The largest absolute Gasteiger partial charge is 0.618 e. The average Bonchev–Trinajstić information content (AvgIpc) is 2.12. The van der Waals surface area contributed by atoms with Crippen LogP contribution in [0.2, 0.25) is 5.02 Å². The molecule has 0 atom stereocenters. The predicted octanol–water partition coefficient (Wildman–Crippen LogP) is 1.07. The van der Waals surface area contributed by atoms with Gasteiger partial charge in [0.15, 0.2) is 6.20 Å². The Balaban J connectivity index is 3.33. The number of halogens is 1. The molecule has 1 rings (SSSR count). The lowest BCUT2D eigenvalue weighted by molar-refractivity contribution is -0.612. The van der Waals surface area contributed by atoms with E-state index in [0.29, 0.717) is 4.73 Å². The lowest BCUT2D eigenvalue weighted by Crippen LogP contribution is -2.32. The zero-order valence-electron chi connectivity index (χ0n) is 7.20. The van der Waals surface area contributed by atoms with Crippen LogP contribution in [0.4, 0.5) is 0 Å². The van der Waals surface area contributed by atoms with Crippen LogP contribution in [0.5, 0.6) is 0 Å². The number of nitrogens with zero attached hydrogens (tertiary/aromatic N) is 1. The van der Waals surface area contributed by atoms with E-state index in [1.54, 1.807) is 0 Å². The highest BCUT2D eigenvalue weighted by molar-refractivity contribution is 6.33. The summed E-state index contributed by atoms with van der Waals surface area (Å²) in [5, 5.41) is 11.3. The molecule has 0 saturated carbocycles. The zero-order valence-corrected chi connectivity index (χ0v) is 7.96. The molecule has 4 nitrogen and oxygen atoms in total. The van der Waals surface area contributed by atoms with Crippen molar-refractivity contribution in [2.24, 2.45) is 0 Å². The number of aromatic nitrogens is 1. The van der Waals surface area contributed by atoms with Gasteiger partial charge < -0.3 is 9.94 Å². The zero-order chi connectivity index (χ0) is 10.0. The minimum absolute atomic E-state index is 0.113. The predicted molar refractivity (Wildman–Crippen MR) is 46.5 cm³/mol. The third-order valence-electron chi connectivity index (χ3n) is 1.68. The van der Waals surface area contributed by atoms with Crippen molar-refractivity contribution < 1.29 is 14.3 Å². The first kappa shape index (κ1) is 9.80. The quantitative estimate of drug-likeness (QED) is 0.388. The van der Waals surface area contributed by atoms with Gasteiger partial charge in [-0.1, -0.05) is 11.6 Å². The molecule has 0 radical (unpaired) electrons. The monoisotopic (exact) mass is 201 g/mol. The summed E-state index contributed by atoms with van der Waals surface area (Å²) >= 11 is 5.72. The summed E-state index contributed by atoms with van der Waals surface area (Å²) in [5.41, 5.74) is 0.348. The normalized spacial score (nSPS) is 9.77. The Labute approximate surface area is 80.3 Å². The van der Waals surface area contributed by atoms with Gasteiger partial charge in [0.05, 0.1) is 12.1 Å². The van der Waals surface area contributed by atoms with Gasteiger partial charge in [-0.3, -0.25) is 0 Å². The topological polar surface area (TPSA) is 53.2 Å². The van der Waals surface area contributed by atoms with Crippen LogP contribution in [0.25, 0.3) is 0 Å². The third kappa shape index (κ3) is 1.72. The van der Waals surface area contributed by atoms with Crippen molar-refractivity contribution in [1.29, 1.82) is 0 Å². The molecule has 0 aliphatic heterocycles. The Kier molecular flexibility index (Phi) is 2.72. The molecule has 70 valence electrons. The SMILES string of the molecule is COC(=O)c1c(Cl)cc[n+]([O-])c1C. The van der Waals surface area contributed by atoms with Gasteiger partial charge in [-0.25, -0.2) is 4.79 Å². The molecule has 0 amide bonds. The van der Waals surface area contributed by atoms with Gasteiger partial charge >= 0.3 is 5.97 Å². The van der Waals surface area contributed by atoms with E-state index in [9.17, 15) is 10.0 Å². The lowest BCUT2D eigenvalue weighted by atomic mass is 10.2. The van der Waals surface area contributed by atoms with Crippen LogP contribution >= 0.6 is 11.6 Å². The van der Waals surface area contributed by atoms with Gasteiger partial charge in [-0.15, -0.1) is 0 Å². The Morgan fingerprint density at radius 3 is 2.85 bits per heavy atom. The highest BCUT2D eigenvalue weighted by atomic mass is 35.5. The van der Waals surface area contributed by atoms with Crippen LogP contribution in [0.15, 0.2) is 12.3 Å². The Hall–Kier alpha value is -1.29. The fourth-order valence-corrected chi connectivity index (χ4v) is 1.23. The van der Waals surface area contributed by atoms with Crippen LogP contribution in [-0.4, -0.2) is 13.1 Å². The summed E-state index contributed by atoms with van der Waals surface area (Å²) in [7, 11) is 1.24. The van der Waals surface area contributed by atoms with E-state index in [4.69, 9.17) is 11.6 Å². The molecule has 0 unspecified atom stereocenters. The molecule has 1 heterocycles. The molecule has 0 aliphatic rings. The number of hydrogen-bond acceptors (Lipinski definition) is 3. The third-order valence-corrected chi connectivity index (χ3v) is 1.99. The van der Waals surface area contributed by atoms with Crippen molar-refractivity contribution in [1.82, 2.24) is 0 Å². The van der Waals surface area contributed by atoms with Gasteiger partial charge in [0, 0.05) is 13.0 Å². The molecule has 13 heavy (non-hydrogen) atoms. The number of esters is 1. The van der Waals surface area contributed by atoms with Crippen LogP contribution in [0, 0.1) is 12.1 Å². The molecule has 5 heteroatoms. The van der Waals surface area contributed by atoms with Crippen molar-refractivity contribution in [3.63, 3.8) is 0 Å². The van der Waals surface area contributed by atoms with Gasteiger partial charge in [-0.05, 0) is 0 Å². The molecule has 0 bridgehead atoms. The van der Waals surface area contributed by atoms with E-state index in [-0.39, 0.29) is 16.3 Å². The Morgan fingerprint density at radius 2 is 2.31 bits per heavy atom. The van der Waals surface area contributed by atoms with E-state index in [0.717, 1.165) is 0 Å². The fraction of sp³-hybridized carbons (Fsp3) is 0.250. The van der Waals surface area contributed by atoms with Gasteiger partial charge in [0.25, 0.3) is 0 Å². The van der Waals surface area contributed by atoms with Crippen LogP contribution < -0.4 is 4.73 Å². The second kappa shape index (κ2) is 3.62. The van der Waals surface area contributed by atoms with Crippen LogP contribution in [0.3, 0.4) is 0 Å². The molecular weight excluding hydrogens is 194 g/mol. The molecule has 0 N–H and O–H groups in total. The number of hydrogen-bond donors (Lipinski definition) is 0. The molecule has 0 aliphatic carbocycles. The average molecular weight is 202 g/mol. The molecule has 1 aromatic heterocycles. The summed E-state index contributed by atoms with van der Waals surface area (Å²) in [6, 6.07) is 1.35. The highest BCUT2D eigenvalue weighted by Gasteiger charge is 2.19. The molecule has 0 spiro atoms. The molecule has 0 aromatic carbocycles. The standard InChI is InChI=1S/C8H8ClNO3/c1-5-7(8(11)13-2)6(9)3-4-10(5)12/h3-4H,1-2H3. The number of carbonyl (C=O) groups excluding carboxylic acids is 1. The smallest absolute Gasteiger partial charge is 0.345 e. The summed E-state index contributed by atoms with van der Waals surface area (Å²) < 4.78 is 5.04. The Bertz CT molecular complexity index is 351. The second-order valence-corrected chi connectivity index (χ2v) is 2.85. The number of rotatable bonds is 1. The van der Waals surface area contributed by atoms with Crippen LogP contribution in [0.1, 0.15) is 16.1 Å². The maximum atomic E-state index is 11.1. The summed E-state index contributed by atoms with van der Waals surface area (Å²) in [4.78, 5) is 11.1. The minimum atomic E-state index is -0.604. The first-order valence-electron chi connectivity index (χ1n) is 3.54. The molecule has 1 aromatic rings. The van der Waals surface area contributed by atoms with Gasteiger partial charge in [0.2, 0.25) is 5.69 Å². The van der Waals surface area contributed by atoms with Gasteiger partial charge in [-0.2, -0.15) is 4.73 Å². The first-order valence-corrected chi connectivity index (χ1v) is 3.92. The summed E-state index contributed by atoms with van der Waals surface area (Å²) in [5.74, 6) is -0.604. The number of carbonyl (C=O) groups is 1. The van der Waals surface area contributed by atoms with Gasteiger partial charge in [0.1, 0.15) is 5.56 Å². The fourth-order valence-electron chi connectivity index (χ4n) is 0.959. The van der Waals surface area contributed by atoms with E-state index in [1.807, 2.05) is 0 Å². The van der Waals surface area contributed by atoms with Crippen molar-refractivity contribution in [3.05, 3.63) is 33.8 Å². The van der Waals surface area contributed by atoms with E-state index in [2.05, 4.69) is 4.74 Å². The van der Waals surface area contributed by atoms with Crippen molar-refractivity contribution in [3.8, 4) is 0 Å². The first-order chi connectivity index (χ1) is 6.07. The molecule has 0 fully saturated rings.